The van der Waals surface area contributed by atoms with Gasteiger partial charge in [-0.05, 0) is 42.5 Å². The molecule has 1 saturated heterocycles. The average molecular weight is 509 g/mol. The minimum absolute atomic E-state index is 0.0801. The molecular formula is C20H15Br2NO5. The highest BCUT2D eigenvalue weighted by atomic mass is 79.9. The van der Waals surface area contributed by atoms with E-state index in [0.717, 1.165) is 6.42 Å². The molecule has 5 rings (SSSR count). The van der Waals surface area contributed by atoms with Crippen LogP contribution in [0, 0.1) is 23.7 Å². The van der Waals surface area contributed by atoms with Gasteiger partial charge >= 0.3 is 5.97 Å². The predicted molar refractivity (Wildman–Crippen MR) is 107 cm³/mol. The van der Waals surface area contributed by atoms with Crippen molar-refractivity contribution in [1.29, 1.82) is 0 Å². The highest BCUT2D eigenvalue weighted by Gasteiger charge is 2.66. The van der Waals surface area contributed by atoms with Crippen molar-refractivity contribution in [3.05, 3.63) is 48.4 Å². The van der Waals surface area contributed by atoms with Gasteiger partial charge in [0.2, 0.25) is 17.6 Å². The minimum Gasteiger partial charge on any atom is -0.457 e. The fraction of sp³-hybridized carbons (Fsp3) is 0.350. The zero-order valence-electron chi connectivity index (χ0n) is 14.5. The van der Waals surface area contributed by atoms with E-state index in [1.165, 1.54) is 23.3 Å². The maximum absolute atomic E-state index is 13.1. The Balaban J connectivity index is 1.42. The third-order valence-corrected chi connectivity index (χ3v) is 9.20. The van der Waals surface area contributed by atoms with Crippen molar-refractivity contribution in [1.82, 2.24) is 0 Å². The molecule has 1 aromatic heterocycles. The normalized spacial score (nSPS) is 33.4. The molecule has 2 aromatic rings. The molecule has 6 nitrogen and oxygen atoms in total. The van der Waals surface area contributed by atoms with Gasteiger partial charge < -0.3 is 9.15 Å². The van der Waals surface area contributed by atoms with Gasteiger partial charge in [-0.3, -0.25) is 9.59 Å². The summed E-state index contributed by atoms with van der Waals surface area (Å²) in [6, 6.07) is 9.57. The molecule has 28 heavy (non-hydrogen) atoms. The Hall–Kier alpha value is -1.93. The van der Waals surface area contributed by atoms with E-state index in [1.807, 2.05) is 0 Å². The first-order chi connectivity index (χ1) is 13.5. The van der Waals surface area contributed by atoms with Gasteiger partial charge in [-0.2, -0.15) is 0 Å². The number of carbonyl (C=O) groups excluding carboxylic acids is 3. The van der Waals surface area contributed by atoms with Crippen molar-refractivity contribution in [3.8, 4) is 5.75 Å². The Morgan fingerprint density at radius 3 is 2.32 bits per heavy atom. The lowest BCUT2D eigenvalue weighted by molar-refractivity contribution is -0.123. The smallest absolute Gasteiger partial charge is 0.379 e. The molecule has 2 aliphatic carbocycles. The fourth-order valence-electron chi connectivity index (χ4n) is 4.84. The number of hydrogen-bond acceptors (Lipinski definition) is 5. The SMILES string of the molecule is O=C(Oc1cccc(N2C(=O)[C@@H]3[C@H]4C[C@@H]([C@@H](Br)[C@H]4Br)[C@H]3C2=O)c1)c1ccco1. The largest absolute Gasteiger partial charge is 0.457 e. The Morgan fingerprint density at radius 1 is 1.04 bits per heavy atom. The summed E-state index contributed by atoms with van der Waals surface area (Å²) in [4.78, 5) is 39.9. The molecule has 0 spiro atoms. The number of imide groups is 1. The summed E-state index contributed by atoms with van der Waals surface area (Å²) in [7, 11) is 0. The lowest BCUT2D eigenvalue weighted by Crippen LogP contribution is -2.37. The second-order valence-electron chi connectivity index (χ2n) is 7.38. The lowest BCUT2D eigenvalue weighted by Gasteiger charge is -2.28. The first-order valence-electron chi connectivity index (χ1n) is 8.99. The van der Waals surface area contributed by atoms with Crippen LogP contribution in [0.25, 0.3) is 0 Å². The number of rotatable bonds is 3. The first kappa shape index (κ1) is 18.1. The maximum Gasteiger partial charge on any atom is 0.379 e. The summed E-state index contributed by atoms with van der Waals surface area (Å²) in [6.07, 6.45) is 2.27. The second kappa shape index (κ2) is 6.56. The van der Waals surface area contributed by atoms with Crippen molar-refractivity contribution in [2.75, 3.05) is 4.90 Å². The van der Waals surface area contributed by atoms with Gasteiger partial charge in [-0.15, -0.1) is 0 Å². The molecule has 3 aliphatic rings. The number of furan rings is 1. The van der Waals surface area contributed by atoms with Crippen LogP contribution >= 0.6 is 31.9 Å². The molecule has 2 bridgehead atoms. The van der Waals surface area contributed by atoms with Crippen LogP contribution < -0.4 is 9.64 Å². The van der Waals surface area contributed by atoms with E-state index >= 15 is 0 Å². The fourth-order valence-corrected chi connectivity index (χ4v) is 6.71. The third kappa shape index (κ3) is 2.54. The molecule has 2 amide bonds. The molecule has 1 aliphatic heterocycles. The van der Waals surface area contributed by atoms with E-state index in [1.54, 1.807) is 24.3 Å². The maximum atomic E-state index is 13.1. The molecule has 2 saturated carbocycles. The van der Waals surface area contributed by atoms with Crippen molar-refractivity contribution in [3.63, 3.8) is 0 Å². The van der Waals surface area contributed by atoms with Gasteiger partial charge in [0.25, 0.3) is 0 Å². The van der Waals surface area contributed by atoms with Gasteiger partial charge in [0.05, 0.1) is 23.8 Å². The van der Waals surface area contributed by atoms with Crippen molar-refractivity contribution < 1.29 is 23.5 Å². The number of hydrogen-bond donors (Lipinski definition) is 0. The first-order valence-corrected chi connectivity index (χ1v) is 10.8. The van der Waals surface area contributed by atoms with Crippen LogP contribution in [0.2, 0.25) is 0 Å². The summed E-state index contributed by atoms with van der Waals surface area (Å²) in [5.74, 6) is -0.911. The molecule has 1 aromatic carbocycles. The van der Waals surface area contributed by atoms with E-state index in [2.05, 4.69) is 31.9 Å². The Kier molecular flexibility index (Phi) is 4.24. The molecule has 0 N–H and O–H groups in total. The standard InChI is InChI=1S/C20H15Br2NO5/c21-16-11-8-12(17(16)22)15-14(11)18(24)23(19(15)25)9-3-1-4-10(7-9)28-20(26)13-5-2-6-27-13/h1-7,11-12,14-17H,8H2/t11-,12-,14-,15-,16-,17+/m1/s1. The second-order valence-corrected chi connectivity index (χ2v) is 9.49. The van der Waals surface area contributed by atoms with Crippen LogP contribution in [0.4, 0.5) is 5.69 Å². The molecule has 0 radical (unpaired) electrons. The third-order valence-electron chi connectivity index (χ3n) is 6.00. The monoisotopic (exact) mass is 507 g/mol. The number of halogens is 2. The molecule has 8 heteroatoms. The van der Waals surface area contributed by atoms with Gasteiger partial charge in [-0.25, -0.2) is 9.69 Å². The highest BCUT2D eigenvalue weighted by Crippen LogP contribution is 2.60. The van der Waals surface area contributed by atoms with E-state index in [0.29, 0.717) is 5.69 Å². The number of carbonyl (C=O) groups is 3. The van der Waals surface area contributed by atoms with Crippen molar-refractivity contribution in [2.45, 2.75) is 16.1 Å². The number of esters is 1. The summed E-state index contributed by atoms with van der Waals surface area (Å²) >= 11 is 7.37. The molecule has 6 atom stereocenters. The highest BCUT2D eigenvalue weighted by molar-refractivity contribution is 9.12. The van der Waals surface area contributed by atoms with Gasteiger partial charge in [0, 0.05) is 15.7 Å². The summed E-state index contributed by atoms with van der Waals surface area (Å²) in [5, 5.41) is 0. The van der Waals surface area contributed by atoms with Crippen LogP contribution in [-0.4, -0.2) is 27.4 Å². The lowest BCUT2D eigenvalue weighted by atomic mass is 9.81. The zero-order chi connectivity index (χ0) is 19.6. The van der Waals surface area contributed by atoms with Crippen LogP contribution in [-0.2, 0) is 9.59 Å². The molecule has 2 heterocycles. The van der Waals surface area contributed by atoms with E-state index in [9.17, 15) is 14.4 Å². The van der Waals surface area contributed by atoms with Crippen LogP contribution in [0.15, 0.2) is 47.1 Å². The van der Waals surface area contributed by atoms with Gasteiger partial charge in [-0.1, -0.05) is 37.9 Å². The van der Waals surface area contributed by atoms with Crippen LogP contribution in [0.5, 0.6) is 5.75 Å². The number of alkyl halides is 2. The van der Waals surface area contributed by atoms with Gasteiger partial charge in [0.15, 0.2) is 0 Å². The summed E-state index contributed by atoms with van der Waals surface area (Å²) < 4.78 is 10.3. The van der Waals surface area contributed by atoms with Gasteiger partial charge in [0.1, 0.15) is 5.75 Å². The van der Waals surface area contributed by atoms with Crippen LogP contribution in [0.1, 0.15) is 17.0 Å². The molecular weight excluding hydrogens is 494 g/mol. The number of fused-ring (bicyclic) bond motifs is 5. The Labute approximate surface area is 177 Å². The summed E-state index contributed by atoms with van der Waals surface area (Å²) in [5.41, 5.74) is 0.422. The van der Waals surface area contributed by atoms with Crippen LogP contribution in [0.3, 0.4) is 0 Å². The topological polar surface area (TPSA) is 76.8 Å². The number of anilines is 1. The predicted octanol–water partition coefficient (Wildman–Crippen LogP) is 3.78. The molecule has 0 unspecified atom stereocenters. The number of ether oxygens (including phenoxy) is 1. The number of amides is 2. The number of nitrogens with zero attached hydrogens (tertiary/aromatic N) is 1. The Bertz CT molecular complexity index is 943. The van der Waals surface area contributed by atoms with E-state index in [4.69, 9.17) is 9.15 Å². The zero-order valence-corrected chi connectivity index (χ0v) is 17.6. The minimum atomic E-state index is -0.639. The Morgan fingerprint density at radius 2 is 1.71 bits per heavy atom. The summed E-state index contributed by atoms with van der Waals surface area (Å²) in [6.45, 7) is 0. The van der Waals surface area contributed by atoms with Crippen molar-refractivity contribution >= 4 is 55.3 Å². The van der Waals surface area contributed by atoms with Crippen molar-refractivity contribution in [2.24, 2.45) is 23.7 Å². The molecule has 3 fully saturated rings. The van der Waals surface area contributed by atoms with E-state index in [-0.39, 0.29) is 56.7 Å². The quantitative estimate of drug-likeness (QED) is 0.273. The van der Waals surface area contributed by atoms with E-state index < -0.39 is 5.97 Å². The molecule has 144 valence electrons. The number of benzene rings is 1. The average Bonchev–Trinajstić information content (AvgIpc) is 3.43.